The van der Waals surface area contributed by atoms with Gasteiger partial charge in [-0.2, -0.15) is 0 Å². The Morgan fingerprint density at radius 1 is 1.35 bits per heavy atom. The van der Waals surface area contributed by atoms with Crippen molar-refractivity contribution >= 4 is 38.4 Å². The number of aromatic amines is 1. The first-order valence-electron chi connectivity index (χ1n) is 6.78. The van der Waals surface area contributed by atoms with E-state index in [2.05, 4.69) is 20.9 Å². The molecule has 0 bridgehead atoms. The molecule has 2 aromatic rings. The smallest absolute Gasteiger partial charge is 0.230 e. The van der Waals surface area contributed by atoms with Crippen LogP contribution in [0.25, 0.3) is 10.9 Å². The average molecular weight is 409 g/mol. The van der Waals surface area contributed by atoms with Gasteiger partial charge in [0.05, 0.1) is 6.61 Å². The maximum absolute atomic E-state index is 10.1. The Morgan fingerprint density at radius 2 is 2.04 bits per heavy atom. The highest BCUT2D eigenvalue weighted by Crippen LogP contribution is 2.45. The number of nitrogens with one attached hydrogen (secondary N) is 1. The predicted octanol–water partition coefficient (Wildman–Crippen LogP) is 0.636. The Morgan fingerprint density at radius 3 is 2.74 bits per heavy atom. The quantitative estimate of drug-likeness (QED) is 0.476. The fourth-order valence-electron chi connectivity index (χ4n) is 2.44. The average Bonchev–Trinajstić information content (AvgIpc) is 2.94. The van der Waals surface area contributed by atoms with Gasteiger partial charge in [-0.15, -0.1) is 0 Å². The lowest BCUT2D eigenvalue weighted by atomic mass is 9.98. The Kier molecular flexibility index (Phi) is 4.35. The molecule has 1 fully saturated rings. The van der Waals surface area contributed by atoms with Crippen molar-refractivity contribution in [3.63, 3.8) is 0 Å². The summed E-state index contributed by atoms with van der Waals surface area (Å²) in [6, 6.07) is 7.31. The SMILES string of the molecule is OC[C@@]1(Br)O[C@H](Oc2c[nH]c3ccccc23)[C@H](O)[C@@H](O)[C@]1(O)Cl. The number of hydrogen-bond donors (Lipinski definition) is 5. The topological polar surface area (TPSA) is 115 Å². The molecule has 1 saturated heterocycles. The number of H-pyrrole nitrogens is 1. The van der Waals surface area contributed by atoms with E-state index in [4.69, 9.17) is 21.1 Å². The summed E-state index contributed by atoms with van der Waals surface area (Å²) >= 11 is 8.78. The summed E-state index contributed by atoms with van der Waals surface area (Å²) < 4.78 is 9.08. The molecule has 3 rings (SSSR count). The number of aromatic nitrogens is 1. The second kappa shape index (κ2) is 5.89. The summed E-state index contributed by atoms with van der Waals surface area (Å²) in [6.07, 6.45) is -3.25. The van der Waals surface area contributed by atoms with Crippen molar-refractivity contribution in [2.24, 2.45) is 0 Å². The van der Waals surface area contributed by atoms with Gasteiger partial charge in [-0.1, -0.05) is 23.7 Å². The molecule has 0 amide bonds. The Labute approximate surface area is 144 Å². The third-order valence-electron chi connectivity index (χ3n) is 3.82. The van der Waals surface area contributed by atoms with Crippen LogP contribution in [0.15, 0.2) is 30.5 Å². The van der Waals surface area contributed by atoms with E-state index < -0.39 is 34.7 Å². The molecule has 1 aromatic heterocycles. The monoisotopic (exact) mass is 407 g/mol. The molecule has 9 heteroatoms. The summed E-state index contributed by atoms with van der Waals surface area (Å²) in [6.45, 7) is -0.759. The second-order valence-electron chi connectivity index (χ2n) is 5.30. The largest absolute Gasteiger partial charge is 0.460 e. The number of alkyl halides is 2. The summed E-state index contributed by atoms with van der Waals surface area (Å²) in [5.74, 6) is 0.379. The fraction of sp³-hybridized carbons (Fsp3) is 0.429. The maximum Gasteiger partial charge on any atom is 0.230 e. The predicted molar refractivity (Wildman–Crippen MR) is 85.4 cm³/mol. The lowest BCUT2D eigenvalue weighted by molar-refractivity contribution is -0.300. The van der Waals surface area contributed by atoms with Crippen molar-refractivity contribution in [1.29, 1.82) is 0 Å². The number of hydrogen-bond acceptors (Lipinski definition) is 6. The zero-order valence-corrected chi connectivity index (χ0v) is 14.0. The van der Waals surface area contributed by atoms with Gasteiger partial charge in [0.1, 0.15) is 18.0 Å². The van der Waals surface area contributed by atoms with Crippen LogP contribution in [0.4, 0.5) is 0 Å². The highest BCUT2D eigenvalue weighted by molar-refractivity contribution is 9.10. The van der Waals surface area contributed by atoms with Gasteiger partial charge in [0.15, 0.2) is 4.51 Å². The van der Waals surface area contributed by atoms with E-state index in [1.165, 1.54) is 0 Å². The van der Waals surface area contributed by atoms with Crippen LogP contribution in [0, 0.1) is 0 Å². The highest BCUT2D eigenvalue weighted by Gasteiger charge is 2.63. The molecule has 0 saturated carbocycles. The number of ether oxygens (including phenoxy) is 2. The van der Waals surface area contributed by atoms with Gasteiger partial charge in [-0.25, -0.2) is 0 Å². The maximum atomic E-state index is 10.1. The van der Waals surface area contributed by atoms with Crippen LogP contribution in [-0.2, 0) is 4.74 Å². The third kappa shape index (κ3) is 2.64. The first kappa shape index (κ1) is 17.0. The van der Waals surface area contributed by atoms with E-state index >= 15 is 0 Å². The van der Waals surface area contributed by atoms with E-state index in [1.54, 1.807) is 12.3 Å². The first-order chi connectivity index (χ1) is 10.8. The van der Waals surface area contributed by atoms with Crippen molar-refractivity contribution in [3.8, 4) is 5.75 Å². The van der Waals surface area contributed by atoms with Crippen LogP contribution in [0.3, 0.4) is 0 Å². The molecule has 2 heterocycles. The standard InChI is InChI=1S/C14H15BrClNO6/c15-13(6-18)14(16,21)11(20)10(19)12(23-13)22-9-5-17-8-4-2-1-3-7(8)9/h1-5,10-12,17-21H,6H2/t10-,11-,12+,13-,14-/m1/s1. The molecule has 0 radical (unpaired) electrons. The minimum absolute atomic E-state index is 0.379. The fourth-order valence-corrected chi connectivity index (χ4v) is 3.09. The van der Waals surface area contributed by atoms with E-state index in [9.17, 15) is 20.4 Å². The molecule has 0 aliphatic carbocycles. The molecule has 7 nitrogen and oxygen atoms in total. The molecule has 0 unspecified atom stereocenters. The van der Waals surface area contributed by atoms with Crippen molar-refractivity contribution in [2.45, 2.75) is 28.1 Å². The molecule has 1 aliphatic heterocycles. The summed E-state index contributed by atoms with van der Waals surface area (Å²) in [4.78, 5) is 2.99. The number of halogens is 2. The number of benzene rings is 1. The van der Waals surface area contributed by atoms with Gasteiger partial charge in [0, 0.05) is 17.1 Å². The molecule has 0 spiro atoms. The van der Waals surface area contributed by atoms with Crippen LogP contribution < -0.4 is 4.74 Å². The van der Waals surface area contributed by atoms with Crippen LogP contribution >= 0.6 is 27.5 Å². The lowest BCUT2D eigenvalue weighted by Crippen LogP contribution is -2.69. The van der Waals surface area contributed by atoms with Crippen LogP contribution in [0.1, 0.15) is 0 Å². The molecular formula is C14H15BrClNO6. The molecule has 126 valence electrons. The van der Waals surface area contributed by atoms with Gasteiger partial charge < -0.3 is 34.9 Å². The number of aliphatic hydroxyl groups is 4. The lowest BCUT2D eigenvalue weighted by Gasteiger charge is -2.48. The molecule has 5 N–H and O–H groups in total. The van der Waals surface area contributed by atoms with Crippen molar-refractivity contribution < 1.29 is 29.9 Å². The number of para-hydroxylation sites is 1. The Bertz CT molecular complexity index is 709. The molecular weight excluding hydrogens is 394 g/mol. The summed E-state index contributed by atoms with van der Waals surface area (Å²) in [7, 11) is 0. The number of rotatable bonds is 3. The summed E-state index contributed by atoms with van der Waals surface area (Å²) in [5, 5.41) is 38.0. The third-order valence-corrected chi connectivity index (χ3v) is 5.62. The minimum Gasteiger partial charge on any atom is -0.460 e. The van der Waals surface area contributed by atoms with Crippen LogP contribution in [-0.4, -0.2) is 60.1 Å². The van der Waals surface area contributed by atoms with E-state index in [-0.39, 0.29) is 0 Å². The van der Waals surface area contributed by atoms with E-state index in [1.807, 2.05) is 18.2 Å². The van der Waals surface area contributed by atoms with Gasteiger partial charge in [-0.05, 0) is 28.1 Å². The van der Waals surface area contributed by atoms with Crippen molar-refractivity contribution in [3.05, 3.63) is 30.5 Å². The van der Waals surface area contributed by atoms with E-state index in [0.29, 0.717) is 5.75 Å². The first-order valence-corrected chi connectivity index (χ1v) is 7.95. The zero-order chi connectivity index (χ0) is 16.8. The second-order valence-corrected chi connectivity index (χ2v) is 7.16. The zero-order valence-electron chi connectivity index (χ0n) is 11.7. The number of aliphatic hydroxyl groups excluding tert-OH is 3. The van der Waals surface area contributed by atoms with Crippen LogP contribution in [0.5, 0.6) is 5.75 Å². The van der Waals surface area contributed by atoms with Gasteiger partial charge in [0.25, 0.3) is 0 Å². The van der Waals surface area contributed by atoms with Gasteiger partial charge in [-0.3, -0.25) is 0 Å². The Hall–Kier alpha value is -0.870. The normalized spacial score (nSPS) is 37.9. The van der Waals surface area contributed by atoms with Crippen LogP contribution in [0.2, 0.25) is 0 Å². The molecule has 1 aromatic carbocycles. The van der Waals surface area contributed by atoms with Gasteiger partial charge >= 0.3 is 0 Å². The Balaban J connectivity index is 1.91. The number of fused-ring (bicyclic) bond motifs is 1. The molecule has 1 aliphatic rings. The van der Waals surface area contributed by atoms with Gasteiger partial charge in [0.2, 0.25) is 11.4 Å². The van der Waals surface area contributed by atoms with E-state index in [0.717, 1.165) is 10.9 Å². The van der Waals surface area contributed by atoms with Crippen molar-refractivity contribution in [2.75, 3.05) is 6.61 Å². The molecule has 5 atom stereocenters. The van der Waals surface area contributed by atoms with Crippen molar-refractivity contribution in [1.82, 2.24) is 4.98 Å². The highest BCUT2D eigenvalue weighted by atomic mass is 79.9. The minimum atomic E-state index is -2.44. The summed E-state index contributed by atoms with van der Waals surface area (Å²) in [5.41, 5.74) is 0.814. The molecule has 23 heavy (non-hydrogen) atoms.